The van der Waals surface area contributed by atoms with Crippen LogP contribution in [0.3, 0.4) is 0 Å². The van der Waals surface area contributed by atoms with E-state index in [0.29, 0.717) is 17.9 Å². The monoisotopic (exact) mass is 376 g/mol. The summed E-state index contributed by atoms with van der Waals surface area (Å²) in [5, 5.41) is 2.54. The maximum atomic E-state index is 13.5. The van der Waals surface area contributed by atoms with Crippen LogP contribution in [-0.4, -0.2) is 31.3 Å². The average molecular weight is 376 g/mol. The van der Waals surface area contributed by atoms with Crippen molar-refractivity contribution in [2.45, 2.75) is 37.2 Å². The molecule has 1 aliphatic heterocycles. The Hall–Kier alpha value is -2.70. The third-order valence-corrected chi connectivity index (χ3v) is 4.92. The molecule has 2 aliphatic rings. The number of nitrogens with one attached hydrogen (secondary N) is 1. The highest BCUT2D eigenvalue weighted by atomic mass is 19.4. The van der Waals surface area contributed by atoms with Gasteiger partial charge in [0.15, 0.2) is 5.90 Å². The number of ether oxygens (including phenoxy) is 2. The second-order valence-corrected chi connectivity index (χ2v) is 6.70. The van der Waals surface area contributed by atoms with Crippen molar-refractivity contribution >= 4 is 11.6 Å². The van der Waals surface area contributed by atoms with Crippen LogP contribution in [0.4, 0.5) is 18.9 Å². The van der Waals surface area contributed by atoms with Gasteiger partial charge in [-0.3, -0.25) is 0 Å². The summed E-state index contributed by atoms with van der Waals surface area (Å²) in [5.41, 5.74) is 2.56. The van der Waals surface area contributed by atoms with E-state index in [1.54, 1.807) is 24.3 Å². The third kappa shape index (κ3) is 3.59. The molecule has 4 nitrogen and oxygen atoms in total. The molecule has 0 unspecified atom stereocenters. The molecule has 4 rings (SSSR count). The van der Waals surface area contributed by atoms with E-state index in [1.165, 1.54) is 7.11 Å². The van der Waals surface area contributed by atoms with E-state index >= 15 is 0 Å². The topological polar surface area (TPSA) is 42.8 Å². The Labute approximate surface area is 155 Å². The summed E-state index contributed by atoms with van der Waals surface area (Å²) < 4.78 is 51.4. The highest BCUT2D eigenvalue weighted by Gasteiger charge is 2.44. The normalized spacial score (nSPS) is 21.7. The van der Waals surface area contributed by atoms with Gasteiger partial charge in [-0.2, -0.15) is 13.2 Å². The Kier molecular flexibility index (Phi) is 4.45. The van der Waals surface area contributed by atoms with Crippen LogP contribution in [0.15, 0.2) is 53.5 Å². The molecule has 1 aliphatic carbocycles. The second kappa shape index (κ2) is 6.79. The number of anilines is 1. The minimum atomic E-state index is -4.43. The van der Waals surface area contributed by atoms with Crippen LogP contribution in [0, 0.1) is 0 Å². The van der Waals surface area contributed by atoms with Gasteiger partial charge >= 0.3 is 6.18 Å². The molecule has 0 saturated heterocycles. The van der Waals surface area contributed by atoms with Crippen molar-refractivity contribution < 1.29 is 22.6 Å². The molecule has 0 bridgehead atoms. The molecular formula is C20H19F3N2O2. The van der Waals surface area contributed by atoms with Crippen molar-refractivity contribution in [3.63, 3.8) is 0 Å². The molecule has 7 heteroatoms. The summed E-state index contributed by atoms with van der Waals surface area (Å²) >= 11 is 0. The van der Waals surface area contributed by atoms with Crippen LogP contribution < -0.4 is 10.1 Å². The van der Waals surface area contributed by atoms with Crippen LogP contribution in [0.5, 0.6) is 5.75 Å². The summed E-state index contributed by atoms with van der Waals surface area (Å²) in [4.78, 5) is 4.45. The molecular weight excluding hydrogens is 357 g/mol. The number of aliphatic imine (C=N–C) groups is 1. The highest BCUT2D eigenvalue weighted by molar-refractivity contribution is 5.80. The van der Waals surface area contributed by atoms with Gasteiger partial charge < -0.3 is 14.8 Å². The molecule has 0 aromatic heterocycles. The van der Waals surface area contributed by atoms with E-state index in [2.05, 4.69) is 10.3 Å². The Balaban J connectivity index is 1.50. The smallest absolute Gasteiger partial charge is 0.409 e. The molecule has 0 fully saturated rings. The lowest BCUT2D eigenvalue weighted by atomic mass is 10.1. The van der Waals surface area contributed by atoms with Crippen molar-refractivity contribution in [1.29, 1.82) is 0 Å². The number of benzene rings is 2. The van der Waals surface area contributed by atoms with Gasteiger partial charge in [0, 0.05) is 12.1 Å². The Morgan fingerprint density at radius 1 is 1.19 bits per heavy atom. The van der Waals surface area contributed by atoms with E-state index in [1.807, 2.05) is 24.3 Å². The minimum absolute atomic E-state index is 0.155. The first-order valence-electron chi connectivity index (χ1n) is 8.72. The van der Waals surface area contributed by atoms with E-state index in [4.69, 9.17) is 9.47 Å². The van der Waals surface area contributed by atoms with E-state index in [0.717, 1.165) is 11.1 Å². The Morgan fingerprint density at radius 3 is 2.63 bits per heavy atom. The van der Waals surface area contributed by atoms with Crippen molar-refractivity contribution in [2.75, 3.05) is 12.4 Å². The van der Waals surface area contributed by atoms with Crippen molar-refractivity contribution in [1.82, 2.24) is 0 Å². The molecule has 2 aromatic carbocycles. The Morgan fingerprint density at radius 2 is 1.93 bits per heavy atom. The number of fused-ring (bicyclic) bond motifs is 3. The van der Waals surface area contributed by atoms with Crippen molar-refractivity contribution in [2.24, 2.45) is 4.99 Å². The fraction of sp³-hybridized carbons (Fsp3) is 0.350. The minimum Gasteiger partial charge on any atom is -0.497 e. The molecule has 1 heterocycles. The average Bonchev–Trinajstić information content (AvgIpc) is 3.18. The van der Waals surface area contributed by atoms with E-state index < -0.39 is 12.2 Å². The van der Waals surface area contributed by atoms with E-state index in [9.17, 15) is 13.2 Å². The number of methoxy groups -OCH3 is 1. The van der Waals surface area contributed by atoms with Gasteiger partial charge in [-0.15, -0.1) is 0 Å². The predicted molar refractivity (Wildman–Crippen MR) is 96.3 cm³/mol. The first-order valence-corrected chi connectivity index (χ1v) is 8.72. The summed E-state index contributed by atoms with van der Waals surface area (Å²) in [6, 6.07) is 12.2. The molecule has 2 aromatic rings. The number of hydrogen-bond donors (Lipinski definition) is 1. The first-order chi connectivity index (χ1) is 12.9. The Bertz CT molecular complexity index is 849. The van der Waals surface area contributed by atoms with Gasteiger partial charge in [0.2, 0.25) is 0 Å². The van der Waals surface area contributed by atoms with E-state index in [-0.39, 0.29) is 24.5 Å². The zero-order valence-corrected chi connectivity index (χ0v) is 14.7. The lowest BCUT2D eigenvalue weighted by Gasteiger charge is -2.23. The van der Waals surface area contributed by atoms with Crippen molar-refractivity contribution in [3.05, 3.63) is 59.7 Å². The summed E-state index contributed by atoms with van der Waals surface area (Å²) in [6.45, 7) is 0. The molecule has 0 spiro atoms. The quantitative estimate of drug-likeness (QED) is 0.834. The maximum absolute atomic E-state index is 13.5. The SMILES string of the molecule is COc1ccc(N[C@H](CC2=N[C@H]3c4ccccc4C[C@H]3O2)C(F)(F)F)cc1. The van der Waals surface area contributed by atoms with Crippen LogP contribution in [-0.2, 0) is 11.2 Å². The van der Waals surface area contributed by atoms with Crippen LogP contribution in [0.2, 0.25) is 0 Å². The molecule has 0 amide bonds. The van der Waals surface area contributed by atoms with Gasteiger partial charge in [0.05, 0.1) is 13.5 Å². The largest absolute Gasteiger partial charge is 0.497 e. The molecule has 0 radical (unpaired) electrons. The highest BCUT2D eigenvalue weighted by Crippen LogP contribution is 2.41. The van der Waals surface area contributed by atoms with Crippen molar-refractivity contribution in [3.8, 4) is 5.75 Å². The molecule has 27 heavy (non-hydrogen) atoms. The van der Waals surface area contributed by atoms with Gasteiger partial charge in [0.25, 0.3) is 0 Å². The summed E-state index contributed by atoms with van der Waals surface area (Å²) in [6.07, 6.45) is -4.30. The third-order valence-electron chi connectivity index (χ3n) is 4.92. The zero-order chi connectivity index (χ0) is 19.0. The number of alkyl halides is 3. The number of rotatable bonds is 5. The number of nitrogens with zero attached hydrogens (tertiary/aromatic N) is 1. The molecule has 1 N–H and O–H groups in total. The lowest BCUT2D eigenvalue weighted by molar-refractivity contribution is -0.141. The summed E-state index contributed by atoms with van der Waals surface area (Å²) in [5.74, 6) is 0.738. The predicted octanol–water partition coefficient (Wildman–Crippen LogP) is 4.52. The van der Waals surface area contributed by atoms with Crippen LogP contribution in [0.25, 0.3) is 0 Å². The molecule has 3 atom stereocenters. The standard InChI is InChI=1S/C20H19F3N2O2/c1-26-14-8-6-13(7-9-14)24-17(20(21,22)23)11-18-25-19-15-5-3-2-4-12(15)10-16(19)27-18/h2-9,16-17,19,24H,10-11H2,1H3/t16-,17-,19+/m1/s1. The number of hydrogen-bond acceptors (Lipinski definition) is 4. The van der Waals surface area contributed by atoms with Gasteiger partial charge in [-0.1, -0.05) is 24.3 Å². The molecule has 142 valence electrons. The fourth-order valence-electron chi connectivity index (χ4n) is 3.57. The van der Waals surface area contributed by atoms with Crippen LogP contribution >= 0.6 is 0 Å². The van der Waals surface area contributed by atoms with Gasteiger partial charge in [0.1, 0.15) is 23.9 Å². The second-order valence-electron chi connectivity index (χ2n) is 6.70. The zero-order valence-electron chi connectivity index (χ0n) is 14.7. The molecule has 0 saturated carbocycles. The van der Waals surface area contributed by atoms with Gasteiger partial charge in [-0.25, -0.2) is 4.99 Å². The lowest BCUT2D eigenvalue weighted by Crippen LogP contribution is -2.38. The number of halogens is 3. The summed E-state index contributed by atoms with van der Waals surface area (Å²) in [7, 11) is 1.51. The van der Waals surface area contributed by atoms with Crippen LogP contribution in [0.1, 0.15) is 23.6 Å². The fourth-order valence-corrected chi connectivity index (χ4v) is 3.57. The maximum Gasteiger partial charge on any atom is 0.409 e. The first kappa shape index (κ1) is 17.7. The van der Waals surface area contributed by atoms with Gasteiger partial charge in [-0.05, 0) is 35.4 Å².